The summed E-state index contributed by atoms with van der Waals surface area (Å²) in [6.45, 7) is 6.20. The van der Waals surface area contributed by atoms with Crippen molar-refractivity contribution < 1.29 is 19.8 Å². The van der Waals surface area contributed by atoms with Gasteiger partial charge in [-0.2, -0.15) is 0 Å². The molecule has 0 spiro atoms. The molecular weight excluding hydrogens is 270 g/mol. The Morgan fingerprint density at radius 1 is 1.05 bits per heavy atom. The molecule has 0 saturated carbocycles. The van der Waals surface area contributed by atoms with E-state index < -0.39 is 5.97 Å². The first-order valence-corrected chi connectivity index (χ1v) is 8.04. The van der Waals surface area contributed by atoms with Crippen molar-refractivity contribution >= 4 is 11.9 Å². The molecule has 0 radical (unpaired) electrons. The number of carbonyl (C=O) groups excluding carboxylic acids is 1. The van der Waals surface area contributed by atoms with Crippen molar-refractivity contribution in [3.63, 3.8) is 0 Å². The summed E-state index contributed by atoms with van der Waals surface area (Å²) in [6.07, 6.45) is 8.36. The monoisotopic (exact) mass is 303 g/mol. The van der Waals surface area contributed by atoms with Crippen molar-refractivity contribution in [1.82, 2.24) is 5.32 Å². The SMILES string of the molecule is CC(=O)NCCCCCCC(=O)O.CCCCCC(C)O. The van der Waals surface area contributed by atoms with E-state index >= 15 is 0 Å². The normalized spacial score (nSPS) is 11.2. The van der Waals surface area contributed by atoms with Crippen molar-refractivity contribution in [2.75, 3.05) is 6.54 Å². The van der Waals surface area contributed by atoms with Crippen molar-refractivity contribution in [2.24, 2.45) is 0 Å². The minimum Gasteiger partial charge on any atom is -0.481 e. The number of unbranched alkanes of at least 4 members (excludes halogenated alkanes) is 5. The van der Waals surface area contributed by atoms with Crippen LogP contribution in [0, 0.1) is 0 Å². The Kier molecular flexibility index (Phi) is 17.9. The molecule has 21 heavy (non-hydrogen) atoms. The van der Waals surface area contributed by atoms with Crippen LogP contribution in [0.1, 0.15) is 78.6 Å². The zero-order valence-corrected chi connectivity index (χ0v) is 13.9. The molecule has 1 atom stereocenters. The highest BCUT2D eigenvalue weighted by Gasteiger charge is 1.96. The van der Waals surface area contributed by atoms with Gasteiger partial charge in [0.1, 0.15) is 0 Å². The largest absolute Gasteiger partial charge is 0.481 e. The number of hydrogen-bond acceptors (Lipinski definition) is 3. The van der Waals surface area contributed by atoms with Gasteiger partial charge in [-0.05, 0) is 26.2 Å². The lowest BCUT2D eigenvalue weighted by Crippen LogP contribution is -2.20. The molecule has 1 amide bonds. The third kappa shape index (κ3) is 27.9. The first kappa shape index (κ1) is 22.2. The minimum atomic E-state index is -0.734. The molecule has 0 bridgehead atoms. The van der Waals surface area contributed by atoms with Crippen LogP contribution < -0.4 is 5.32 Å². The molecule has 0 aliphatic rings. The summed E-state index contributed by atoms with van der Waals surface area (Å²) in [6, 6.07) is 0. The van der Waals surface area contributed by atoms with Crippen LogP contribution in [0.3, 0.4) is 0 Å². The summed E-state index contributed by atoms with van der Waals surface area (Å²) in [4.78, 5) is 20.6. The molecule has 0 saturated heterocycles. The summed E-state index contributed by atoms with van der Waals surface area (Å²) < 4.78 is 0. The Morgan fingerprint density at radius 3 is 2.14 bits per heavy atom. The highest BCUT2D eigenvalue weighted by atomic mass is 16.4. The Balaban J connectivity index is 0. The number of amides is 1. The molecule has 0 aliphatic heterocycles. The Morgan fingerprint density at radius 2 is 1.67 bits per heavy atom. The van der Waals surface area contributed by atoms with Gasteiger partial charge in [0.15, 0.2) is 0 Å². The van der Waals surface area contributed by atoms with Crippen LogP contribution >= 0.6 is 0 Å². The average molecular weight is 303 g/mol. The maximum Gasteiger partial charge on any atom is 0.303 e. The molecule has 3 N–H and O–H groups in total. The standard InChI is InChI=1S/C9H17NO3.C7H16O/c1-8(11)10-7-5-3-2-4-6-9(12)13;1-3-4-5-6-7(2)8/h2-7H2,1H3,(H,10,11)(H,12,13);7-8H,3-6H2,1-2H3. The second-order valence-electron chi connectivity index (χ2n) is 5.39. The third-order valence-corrected chi connectivity index (χ3v) is 2.92. The van der Waals surface area contributed by atoms with Crippen LogP contribution in [-0.2, 0) is 9.59 Å². The van der Waals surface area contributed by atoms with Crippen molar-refractivity contribution in [2.45, 2.75) is 84.7 Å². The fourth-order valence-corrected chi connectivity index (χ4v) is 1.71. The van der Waals surface area contributed by atoms with Crippen LogP contribution in [0.5, 0.6) is 0 Å². The zero-order chi connectivity index (χ0) is 16.5. The molecule has 1 unspecified atom stereocenters. The number of carboxylic acid groups (broad SMARTS) is 1. The maximum absolute atomic E-state index is 10.4. The number of hydrogen-bond donors (Lipinski definition) is 3. The molecule has 5 heteroatoms. The predicted octanol–water partition coefficient (Wildman–Crippen LogP) is 3.11. The molecule has 0 aromatic heterocycles. The highest BCUT2D eigenvalue weighted by molar-refractivity contribution is 5.72. The van der Waals surface area contributed by atoms with Gasteiger partial charge < -0.3 is 15.5 Å². The molecule has 0 heterocycles. The molecule has 0 aliphatic carbocycles. The van der Waals surface area contributed by atoms with Gasteiger partial charge in [0, 0.05) is 19.9 Å². The van der Waals surface area contributed by atoms with Gasteiger partial charge in [-0.3, -0.25) is 9.59 Å². The Bertz CT molecular complexity index is 237. The molecular formula is C16H33NO4. The minimum absolute atomic E-state index is 0.00876. The summed E-state index contributed by atoms with van der Waals surface area (Å²) in [7, 11) is 0. The molecule has 0 aromatic rings. The number of carbonyl (C=O) groups is 2. The lowest BCUT2D eigenvalue weighted by atomic mass is 10.1. The lowest BCUT2D eigenvalue weighted by Gasteiger charge is -2.00. The molecule has 0 rings (SSSR count). The van der Waals surface area contributed by atoms with Gasteiger partial charge >= 0.3 is 5.97 Å². The third-order valence-electron chi connectivity index (χ3n) is 2.92. The first-order valence-electron chi connectivity index (χ1n) is 8.04. The molecule has 0 aromatic carbocycles. The van der Waals surface area contributed by atoms with Crippen LogP contribution in [0.2, 0.25) is 0 Å². The van der Waals surface area contributed by atoms with Crippen LogP contribution in [0.15, 0.2) is 0 Å². The Labute approximate surface area is 129 Å². The number of aliphatic hydroxyl groups excluding tert-OH is 1. The number of rotatable bonds is 11. The van der Waals surface area contributed by atoms with E-state index in [1.54, 1.807) is 0 Å². The van der Waals surface area contributed by atoms with Gasteiger partial charge in [0.2, 0.25) is 5.91 Å². The van der Waals surface area contributed by atoms with Gasteiger partial charge in [-0.15, -0.1) is 0 Å². The fourth-order valence-electron chi connectivity index (χ4n) is 1.71. The van der Waals surface area contributed by atoms with Gasteiger partial charge in [-0.1, -0.05) is 39.0 Å². The lowest BCUT2D eigenvalue weighted by molar-refractivity contribution is -0.137. The quantitative estimate of drug-likeness (QED) is 0.512. The number of aliphatic carboxylic acids is 1. The number of nitrogens with one attached hydrogen (secondary N) is 1. The van der Waals surface area contributed by atoms with Gasteiger partial charge in [0.25, 0.3) is 0 Å². The second-order valence-corrected chi connectivity index (χ2v) is 5.39. The summed E-state index contributed by atoms with van der Waals surface area (Å²) in [5, 5.41) is 19.8. The zero-order valence-electron chi connectivity index (χ0n) is 13.9. The summed E-state index contributed by atoms with van der Waals surface area (Å²) in [5.41, 5.74) is 0. The van der Waals surface area contributed by atoms with E-state index in [4.69, 9.17) is 10.2 Å². The first-order chi connectivity index (χ1) is 9.90. The van der Waals surface area contributed by atoms with Crippen molar-refractivity contribution in [3.05, 3.63) is 0 Å². The summed E-state index contributed by atoms with van der Waals surface area (Å²) in [5.74, 6) is -0.743. The van der Waals surface area contributed by atoms with E-state index in [-0.39, 0.29) is 18.4 Å². The molecule has 5 nitrogen and oxygen atoms in total. The van der Waals surface area contributed by atoms with E-state index in [1.807, 2.05) is 6.92 Å². The highest BCUT2D eigenvalue weighted by Crippen LogP contribution is 2.02. The van der Waals surface area contributed by atoms with E-state index in [9.17, 15) is 9.59 Å². The number of carboxylic acids is 1. The maximum atomic E-state index is 10.4. The topological polar surface area (TPSA) is 86.6 Å². The smallest absolute Gasteiger partial charge is 0.303 e. The predicted molar refractivity (Wildman–Crippen MR) is 85.2 cm³/mol. The van der Waals surface area contributed by atoms with Crippen molar-refractivity contribution in [1.29, 1.82) is 0 Å². The second kappa shape index (κ2) is 17.0. The number of aliphatic hydroxyl groups is 1. The van der Waals surface area contributed by atoms with E-state index in [0.717, 1.165) is 32.1 Å². The van der Waals surface area contributed by atoms with E-state index in [1.165, 1.54) is 26.2 Å². The fraction of sp³-hybridized carbons (Fsp3) is 0.875. The van der Waals surface area contributed by atoms with Crippen LogP contribution in [-0.4, -0.2) is 34.7 Å². The molecule has 126 valence electrons. The average Bonchev–Trinajstić information content (AvgIpc) is 2.37. The Hall–Kier alpha value is -1.10. The van der Waals surface area contributed by atoms with Gasteiger partial charge in [0.05, 0.1) is 6.10 Å². The van der Waals surface area contributed by atoms with E-state index in [0.29, 0.717) is 6.54 Å². The molecule has 0 fully saturated rings. The van der Waals surface area contributed by atoms with E-state index in [2.05, 4.69) is 12.2 Å². The summed E-state index contributed by atoms with van der Waals surface area (Å²) >= 11 is 0. The van der Waals surface area contributed by atoms with Crippen LogP contribution in [0.4, 0.5) is 0 Å². The van der Waals surface area contributed by atoms with Crippen molar-refractivity contribution in [3.8, 4) is 0 Å². The van der Waals surface area contributed by atoms with Crippen LogP contribution in [0.25, 0.3) is 0 Å². The van der Waals surface area contributed by atoms with Gasteiger partial charge in [-0.25, -0.2) is 0 Å².